The van der Waals surface area contributed by atoms with Crippen LogP contribution in [0.25, 0.3) is 0 Å². The molecular formula is C15H13ClN2O3. The van der Waals surface area contributed by atoms with E-state index in [2.05, 4.69) is 10.3 Å². The van der Waals surface area contributed by atoms with E-state index >= 15 is 0 Å². The first-order valence-corrected chi connectivity index (χ1v) is 6.62. The maximum absolute atomic E-state index is 11.9. The molecule has 0 aliphatic heterocycles. The fraction of sp³-hybridized carbons (Fsp3) is 0.133. The molecule has 0 saturated carbocycles. The van der Waals surface area contributed by atoms with E-state index in [1.54, 1.807) is 36.4 Å². The molecule has 1 atom stereocenters. The summed E-state index contributed by atoms with van der Waals surface area (Å²) in [5.74, 6) is -1.07. The van der Waals surface area contributed by atoms with Crippen LogP contribution in [0.15, 0.2) is 48.7 Å². The number of hydrogen-bond acceptors (Lipinski definition) is 4. The molecule has 5 nitrogen and oxygen atoms in total. The average Bonchev–Trinajstić information content (AvgIpc) is 2.50. The quantitative estimate of drug-likeness (QED) is 0.882. The highest BCUT2D eigenvalue weighted by atomic mass is 35.5. The summed E-state index contributed by atoms with van der Waals surface area (Å²) < 4.78 is 5.05. The minimum Gasteiger partial charge on any atom is -0.448 e. The van der Waals surface area contributed by atoms with Crippen molar-refractivity contribution in [2.75, 3.05) is 5.32 Å². The van der Waals surface area contributed by atoms with E-state index in [0.717, 1.165) is 0 Å². The third-order valence-corrected chi connectivity index (χ3v) is 2.89. The van der Waals surface area contributed by atoms with Gasteiger partial charge in [-0.15, -0.1) is 0 Å². The number of benzene rings is 1. The molecule has 1 aromatic carbocycles. The number of halogens is 1. The summed E-state index contributed by atoms with van der Waals surface area (Å²) in [7, 11) is 0. The number of anilines is 1. The monoisotopic (exact) mass is 304 g/mol. The van der Waals surface area contributed by atoms with Crippen molar-refractivity contribution in [3.63, 3.8) is 0 Å². The van der Waals surface area contributed by atoms with E-state index < -0.39 is 18.0 Å². The van der Waals surface area contributed by atoms with Gasteiger partial charge < -0.3 is 10.1 Å². The van der Waals surface area contributed by atoms with Gasteiger partial charge in [-0.2, -0.15) is 0 Å². The van der Waals surface area contributed by atoms with Gasteiger partial charge in [-0.05, 0) is 43.3 Å². The fourth-order valence-corrected chi connectivity index (χ4v) is 1.66. The number of nitrogens with one attached hydrogen (secondary N) is 1. The smallest absolute Gasteiger partial charge is 0.357 e. The first kappa shape index (κ1) is 15.0. The maximum atomic E-state index is 11.9. The SMILES string of the molecule is CC(OC(=O)c1ccccn1)C(=O)Nc1ccc(Cl)cc1. The van der Waals surface area contributed by atoms with Gasteiger partial charge in [0, 0.05) is 16.9 Å². The molecule has 0 bridgehead atoms. The zero-order valence-corrected chi connectivity index (χ0v) is 12.0. The van der Waals surface area contributed by atoms with Crippen LogP contribution in [-0.4, -0.2) is 23.0 Å². The number of rotatable bonds is 4. The predicted molar refractivity (Wildman–Crippen MR) is 79.2 cm³/mol. The molecule has 2 rings (SSSR count). The summed E-state index contributed by atoms with van der Waals surface area (Å²) in [6.45, 7) is 1.49. The molecule has 1 aromatic heterocycles. The number of hydrogen-bond donors (Lipinski definition) is 1. The largest absolute Gasteiger partial charge is 0.448 e. The second kappa shape index (κ2) is 6.85. The first-order chi connectivity index (χ1) is 10.1. The number of carbonyl (C=O) groups is 2. The van der Waals surface area contributed by atoms with Crippen LogP contribution in [0, 0.1) is 0 Å². The van der Waals surface area contributed by atoms with Gasteiger partial charge in [0.2, 0.25) is 0 Å². The lowest BCUT2D eigenvalue weighted by Gasteiger charge is -2.13. The highest BCUT2D eigenvalue weighted by Crippen LogP contribution is 2.14. The van der Waals surface area contributed by atoms with Gasteiger partial charge in [0.25, 0.3) is 5.91 Å². The summed E-state index contributed by atoms with van der Waals surface area (Å²) in [5, 5.41) is 3.20. The molecule has 108 valence electrons. The van der Waals surface area contributed by atoms with E-state index in [0.29, 0.717) is 10.7 Å². The summed E-state index contributed by atoms with van der Waals surface area (Å²) >= 11 is 5.76. The van der Waals surface area contributed by atoms with E-state index in [1.165, 1.54) is 19.2 Å². The molecule has 6 heteroatoms. The predicted octanol–water partition coefficient (Wildman–Crippen LogP) is 2.92. The van der Waals surface area contributed by atoms with Crippen molar-refractivity contribution in [2.24, 2.45) is 0 Å². The lowest BCUT2D eigenvalue weighted by Crippen LogP contribution is -2.30. The summed E-state index contributed by atoms with van der Waals surface area (Å²) in [6, 6.07) is 11.5. The molecule has 0 aliphatic rings. The number of pyridine rings is 1. The Balaban J connectivity index is 1.93. The van der Waals surface area contributed by atoms with Gasteiger partial charge in [0.05, 0.1) is 0 Å². The van der Waals surface area contributed by atoms with Crippen LogP contribution < -0.4 is 5.32 Å². The molecule has 0 aliphatic carbocycles. The molecule has 1 unspecified atom stereocenters. The summed E-state index contributed by atoms with van der Waals surface area (Å²) in [6.07, 6.45) is 0.546. The van der Waals surface area contributed by atoms with Crippen LogP contribution in [0.3, 0.4) is 0 Å². The maximum Gasteiger partial charge on any atom is 0.357 e. The van der Waals surface area contributed by atoms with Crippen molar-refractivity contribution in [1.82, 2.24) is 4.98 Å². The second-order valence-electron chi connectivity index (χ2n) is 4.26. The van der Waals surface area contributed by atoms with Crippen LogP contribution in [0.2, 0.25) is 5.02 Å². The van der Waals surface area contributed by atoms with E-state index in [-0.39, 0.29) is 5.69 Å². The molecule has 1 heterocycles. The van der Waals surface area contributed by atoms with Crippen LogP contribution in [0.4, 0.5) is 5.69 Å². The lowest BCUT2D eigenvalue weighted by atomic mass is 10.3. The topological polar surface area (TPSA) is 68.3 Å². The molecule has 2 aromatic rings. The Morgan fingerprint density at radius 2 is 1.90 bits per heavy atom. The minimum absolute atomic E-state index is 0.156. The molecule has 21 heavy (non-hydrogen) atoms. The molecule has 0 spiro atoms. The third kappa shape index (κ3) is 4.29. The second-order valence-corrected chi connectivity index (χ2v) is 4.70. The van der Waals surface area contributed by atoms with Crippen LogP contribution >= 0.6 is 11.6 Å². The summed E-state index contributed by atoms with van der Waals surface area (Å²) in [5.41, 5.74) is 0.730. The Bertz CT molecular complexity index is 629. The van der Waals surface area contributed by atoms with Gasteiger partial charge >= 0.3 is 5.97 Å². The van der Waals surface area contributed by atoms with Gasteiger partial charge in [-0.25, -0.2) is 9.78 Å². The zero-order valence-electron chi connectivity index (χ0n) is 11.2. The Kier molecular flexibility index (Phi) is 4.90. The minimum atomic E-state index is -0.935. The summed E-state index contributed by atoms with van der Waals surface area (Å²) in [4.78, 5) is 27.6. The van der Waals surface area contributed by atoms with E-state index in [4.69, 9.17) is 16.3 Å². The number of nitrogens with zero attached hydrogens (tertiary/aromatic N) is 1. The molecule has 1 N–H and O–H groups in total. The van der Waals surface area contributed by atoms with Gasteiger partial charge in [0.15, 0.2) is 6.10 Å². The zero-order chi connectivity index (χ0) is 15.2. The van der Waals surface area contributed by atoms with Crippen molar-refractivity contribution in [1.29, 1.82) is 0 Å². The normalized spacial score (nSPS) is 11.5. The number of esters is 1. The standard InChI is InChI=1S/C15H13ClN2O3/c1-10(21-15(20)13-4-2-3-9-17-13)14(19)18-12-7-5-11(16)6-8-12/h2-10H,1H3,(H,18,19). The fourth-order valence-electron chi connectivity index (χ4n) is 1.54. The van der Waals surface area contributed by atoms with Crippen molar-refractivity contribution in [3.8, 4) is 0 Å². The lowest BCUT2D eigenvalue weighted by molar-refractivity contribution is -0.123. The number of carbonyl (C=O) groups excluding carboxylic acids is 2. The molecule has 1 amide bonds. The van der Waals surface area contributed by atoms with Gasteiger partial charge in [0.1, 0.15) is 5.69 Å². The van der Waals surface area contributed by atoms with Crippen molar-refractivity contribution >= 4 is 29.2 Å². The number of amides is 1. The van der Waals surface area contributed by atoms with Crippen molar-refractivity contribution < 1.29 is 14.3 Å². The van der Waals surface area contributed by atoms with Crippen molar-refractivity contribution in [3.05, 3.63) is 59.4 Å². The Morgan fingerprint density at radius 3 is 2.52 bits per heavy atom. The molecule has 0 radical (unpaired) electrons. The van der Waals surface area contributed by atoms with Crippen LogP contribution in [-0.2, 0) is 9.53 Å². The van der Waals surface area contributed by atoms with Gasteiger partial charge in [-0.3, -0.25) is 4.79 Å². The Labute approximate surface area is 126 Å². The third-order valence-electron chi connectivity index (χ3n) is 2.64. The highest BCUT2D eigenvalue weighted by Gasteiger charge is 2.19. The Hall–Kier alpha value is -2.40. The molecule has 0 fully saturated rings. The number of aromatic nitrogens is 1. The van der Waals surface area contributed by atoms with Crippen LogP contribution in [0.5, 0.6) is 0 Å². The van der Waals surface area contributed by atoms with Crippen LogP contribution in [0.1, 0.15) is 17.4 Å². The average molecular weight is 305 g/mol. The van der Waals surface area contributed by atoms with Gasteiger partial charge in [-0.1, -0.05) is 17.7 Å². The van der Waals surface area contributed by atoms with Crippen molar-refractivity contribution in [2.45, 2.75) is 13.0 Å². The molecule has 0 saturated heterocycles. The highest BCUT2D eigenvalue weighted by molar-refractivity contribution is 6.30. The van der Waals surface area contributed by atoms with E-state index in [9.17, 15) is 9.59 Å². The molecular weight excluding hydrogens is 292 g/mol. The van der Waals surface area contributed by atoms with E-state index in [1.807, 2.05) is 0 Å². The number of ether oxygens (including phenoxy) is 1. The Morgan fingerprint density at radius 1 is 1.19 bits per heavy atom. The first-order valence-electron chi connectivity index (χ1n) is 6.24.